The monoisotopic (exact) mass is 291 g/mol. The summed E-state index contributed by atoms with van der Waals surface area (Å²) in [6.45, 7) is 3.01. The number of hydrogen-bond acceptors (Lipinski definition) is 3. The van der Waals surface area contributed by atoms with Crippen molar-refractivity contribution >= 4 is 24.2 Å². The van der Waals surface area contributed by atoms with Gasteiger partial charge < -0.3 is 16.0 Å². The van der Waals surface area contributed by atoms with Crippen LogP contribution in [0.5, 0.6) is 0 Å². The van der Waals surface area contributed by atoms with E-state index in [2.05, 4.69) is 16.0 Å². The molecule has 1 aliphatic rings. The Kier molecular flexibility index (Phi) is 8.76. The van der Waals surface area contributed by atoms with Crippen molar-refractivity contribution in [3.63, 3.8) is 0 Å². The first-order chi connectivity index (χ1) is 8.60. The smallest absolute Gasteiger partial charge is 0.245 e. The largest absolute Gasteiger partial charge is 0.354 e. The van der Waals surface area contributed by atoms with Crippen molar-refractivity contribution in [1.82, 2.24) is 16.0 Å². The van der Waals surface area contributed by atoms with Gasteiger partial charge in [0.05, 0.1) is 0 Å². The van der Waals surface area contributed by atoms with Gasteiger partial charge in [-0.1, -0.05) is 19.3 Å². The van der Waals surface area contributed by atoms with Gasteiger partial charge in [0.15, 0.2) is 0 Å². The van der Waals surface area contributed by atoms with E-state index in [1.807, 2.05) is 7.05 Å². The van der Waals surface area contributed by atoms with Gasteiger partial charge in [-0.05, 0) is 32.9 Å². The van der Waals surface area contributed by atoms with Crippen molar-refractivity contribution in [1.29, 1.82) is 0 Å². The van der Waals surface area contributed by atoms with Gasteiger partial charge in [-0.3, -0.25) is 9.59 Å². The Bertz CT molecular complexity index is 292. The summed E-state index contributed by atoms with van der Waals surface area (Å²) in [7, 11) is 1.89. The summed E-state index contributed by atoms with van der Waals surface area (Å²) < 4.78 is 0. The van der Waals surface area contributed by atoms with Crippen molar-refractivity contribution in [2.24, 2.45) is 0 Å². The fourth-order valence-corrected chi connectivity index (χ4v) is 2.54. The maximum atomic E-state index is 12.3. The molecule has 6 heteroatoms. The molecule has 1 saturated carbocycles. The molecule has 0 aromatic rings. The summed E-state index contributed by atoms with van der Waals surface area (Å²) in [6, 6.07) is 0. The second kappa shape index (κ2) is 9.15. The number of carbonyl (C=O) groups excluding carboxylic acids is 2. The molecule has 2 amide bonds. The van der Waals surface area contributed by atoms with E-state index < -0.39 is 5.54 Å². The Hall–Kier alpha value is -0.810. The summed E-state index contributed by atoms with van der Waals surface area (Å²) in [5.74, 6) is -0.143. The lowest BCUT2D eigenvalue weighted by Gasteiger charge is -2.36. The highest BCUT2D eigenvalue weighted by atomic mass is 35.5. The molecular weight excluding hydrogens is 266 g/mol. The van der Waals surface area contributed by atoms with Crippen LogP contribution in [0.25, 0.3) is 0 Å². The van der Waals surface area contributed by atoms with E-state index in [1.54, 1.807) is 0 Å². The van der Waals surface area contributed by atoms with Crippen LogP contribution >= 0.6 is 12.4 Å². The third-order valence-electron chi connectivity index (χ3n) is 3.45. The molecule has 3 N–H and O–H groups in total. The van der Waals surface area contributed by atoms with Crippen molar-refractivity contribution < 1.29 is 9.59 Å². The third kappa shape index (κ3) is 5.78. The van der Waals surface area contributed by atoms with E-state index in [1.165, 1.54) is 6.92 Å². The number of carbonyl (C=O) groups is 2. The first kappa shape index (κ1) is 18.2. The second-order valence-corrected chi connectivity index (χ2v) is 5.04. The molecule has 0 aromatic carbocycles. The number of amides is 2. The van der Waals surface area contributed by atoms with Gasteiger partial charge in [0, 0.05) is 13.5 Å². The number of halogens is 1. The molecule has 1 rings (SSSR count). The Balaban J connectivity index is 0.00000324. The Labute approximate surface area is 121 Å². The van der Waals surface area contributed by atoms with E-state index in [-0.39, 0.29) is 24.2 Å². The Morgan fingerprint density at radius 3 is 2.26 bits per heavy atom. The van der Waals surface area contributed by atoms with Crippen molar-refractivity contribution in [2.75, 3.05) is 20.1 Å². The van der Waals surface area contributed by atoms with Crippen LogP contribution in [0.4, 0.5) is 0 Å². The molecule has 5 nitrogen and oxygen atoms in total. The van der Waals surface area contributed by atoms with Gasteiger partial charge in [-0.2, -0.15) is 0 Å². The lowest BCUT2D eigenvalue weighted by molar-refractivity contribution is -0.134. The van der Waals surface area contributed by atoms with Gasteiger partial charge in [0.25, 0.3) is 0 Å². The molecule has 19 heavy (non-hydrogen) atoms. The summed E-state index contributed by atoms with van der Waals surface area (Å²) in [5.41, 5.74) is -0.663. The topological polar surface area (TPSA) is 70.2 Å². The zero-order valence-electron chi connectivity index (χ0n) is 11.9. The number of nitrogens with one attached hydrogen (secondary N) is 3. The molecule has 0 atom stereocenters. The molecule has 0 aliphatic heterocycles. The van der Waals surface area contributed by atoms with Gasteiger partial charge in [0.1, 0.15) is 5.54 Å². The zero-order valence-corrected chi connectivity index (χ0v) is 12.7. The van der Waals surface area contributed by atoms with Crippen molar-refractivity contribution in [3.8, 4) is 0 Å². The first-order valence-electron chi connectivity index (χ1n) is 6.82. The molecule has 1 fully saturated rings. The summed E-state index contributed by atoms with van der Waals surface area (Å²) in [6.07, 6.45) is 5.57. The highest BCUT2D eigenvalue weighted by Crippen LogP contribution is 2.28. The average molecular weight is 292 g/mol. The molecule has 0 aromatic heterocycles. The molecule has 0 radical (unpaired) electrons. The predicted molar refractivity (Wildman–Crippen MR) is 78.4 cm³/mol. The van der Waals surface area contributed by atoms with Gasteiger partial charge in [-0.15, -0.1) is 12.4 Å². The normalized spacial score (nSPS) is 17.2. The van der Waals surface area contributed by atoms with E-state index >= 15 is 0 Å². The highest BCUT2D eigenvalue weighted by Gasteiger charge is 2.39. The molecule has 0 unspecified atom stereocenters. The molecular formula is C13H26ClN3O2. The zero-order chi connectivity index (χ0) is 13.4. The molecule has 0 saturated heterocycles. The Morgan fingerprint density at radius 1 is 1.11 bits per heavy atom. The SMILES string of the molecule is CNCCCNC(=O)C1(NC(C)=O)CCCCC1.Cl. The van der Waals surface area contributed by atoms with Gasteiger partial charge >= 0.3 is 0 Å². The molecule has 0 heterocycles. The second-order valence-electron chi connectivity index (χ2n) is 5.04. The summed E-state index contributed by atoms with van der Waals surface area (Å²) in [4.78, 5) is 23.6. The minimum atomic E-state index is -0.663. The number of rotatable bonds is 6. The van der Waals surface area contributed by atoms with Crippen molar-refractivity contribution in [3.05, 3.63) is 0 Å². The fourth-order valence-electron chi connectivity index (χ4n) is 2.54. The van der Waals surface area contributed by atoms with Crippen molar-refractivity contribution in [2.45, 2.75) is 51.0 Å². The van der Waals surface area contributed by atoms with Crippen LogP contribution in [0.2, 0.25) is 0 Å². The van der Waals surface area contributed by atoms with Crippen LogP contribution in [-0.2, 0) is 9.59 Å². The van der Waals surface area contributed by atoms with E-state index in [9.17, 15) is 9.59 Å². The maximum Gasteiger partial charge on any atom is 0.245 e. The minimum absolute atomic E-state index is 0. The van der Waals surface area contributed by atoms with Gasteiger partial charge in [-0.25, -0.2) is 0 Å². The highest BCUT2D eigenvalue weighted by molar-refractivity contribution is 5.91. The predicted octanol–water partition coefficient (Wildman–Crippen LogP) is 0.973. The first-order valence-corrected chi connectivity index (χ1v) is 6.82. The average Bonchev–Trinajstić information content (AvgIpc) is 2.34. The molecule has 0 bridgehead atoms. The van der Waals surface area contributed by atoms with Crippen LogP contribution in [0.15, 0.2) is 0 Å². The molecule has 1 aliphatic carbocycles. The van der Waals surface area contributed by atoms with Crippen LogP contribution in [0.3, 0.4) is 0 Å². The van der Waals surface area contributed by atoms with Crippen LogP contribution < -0.4 is 16.0 Å². The van der Waals surface area contributed by atoms with Gasteiger partial charge in [0.2, 0.25) is 11.8 Å². The summed E-state index contributed by atoms with van der Waals surface area (Å²) in [5, 5.41) is 8.85. The van der Waals surface area contributed by atoms with Crippen LogP contribution in [0.1, 0.15) is 45.4 Å². The maximum absolute atomic E-state index is 12.3. The third-order valence-corrected chi connectivity index (χ3v) is 3.45. The minimum Gasteiger partial charge on any atom is -0.354 e. The summed E-state index contributed by atoms with van der Waals surface area (Å²) >= 11 is 0. The van der Waals surface area contributed by atoms with E-state index in [4.69, 9.17) is 0 Å². The van der Waals surface area contributed by atoms with Crippen LogP contribution in [0, 0.1) is 0 Å². The number of hydrogen-bond donors (Lipinski definition) is 3. The fraction of sp³-hybridized carbons (Fsp3) is 0.846. The standard InChI is InChI=1S/C13H25N3O2.ClH/c1-11(17)16-13(7-4-3-5-8-13)12(18)15-10-6-9-14-2;/h14H,3-10H2,1-2H3,(H,15,18)(H,16,17);1H. The molecule has 112 valence electrons. The van der Waals surface area contributed by atoms with E-state index in [0.717, 1.165) is 45.1 Å². The van der Waals surface area contributed by atoms with E-state index in [0.29, 0.717) is 6.54 Å². The van der Waals surface area contributed by atoms with Crippen LogP contribution in [-0.4, -0.2) is 37.5 Å². The molecule has 0 spiro atoms. The lowest BCUT2D eigenvalue weighted by atomic mass is 9.80. The quantitative estimate of drug-likeness (QED) is 0.639. The lowest BCUT2D eigenvalue weighted by Crippen LogP contribution is -2.59. The Morgan fingerprint density at radius 2 is 1.74 bits per heavy atom.